The fourth-order valence-electron chi connectivity index (χ4n) is 4.14. The number of nitrogens with zero attached hydrogens (tertiary/aromatic N) is 4. The van der Waals surface area contributed by atoms with E-state index < -0.39 is 0 Å². The van der Waals surface area contributed by atoms with Gasteiger partial charge < -0.3 is 24.8 Å². The van der Waals surface area contributed by atoms with E-state index in [1.165, 1.54) is 5.56 Å². The monoisotopic (exact) mass is 566 g/mol. The number of amides is 1. The molecule has 180 valence electrons. The maximum Gasteiger partial charge on any atom is 0.258 e. The predicted octanol–water partition coefficient (Wildman–Crippen LogP) is 2.86. The smallest absolute Gasteiger partial charge is 0.258 e. The van der Waals surface area contributed by atoms with Crippen LogP contribution in [0.25, 0.3) is 0 Å². The summed E-state index contributed by atoms with van der Waals surface area (Å²) in [5.41, 5.74) is 1.21. The highest BCUT2D eigenvalue weighted by molar-refractivity contribution is 14.0. The number of likely N-dealkylation sites (tertiary alicyclic amines) is 1. The molecule has 8 nitrogen and oxygen atoms in total. The lowest BCUT2D eigenvalue weighted by atomic mass is 9.93. The minimum Gasteiger partial charge on any atom is -0.484 e. The van der Waals surface area contributed by atoms with Crippen molar-refractivity contribution in [2.45, 2.75) is 44.7 Å². The van der Waals surface area contributed by atoms with Gasteiger partial charge in [-0.2, -0.15) is 0 Å². The van der Waals surface area contributed by atoms with E-state index in [0.29, 0.717) is 18.0 Å². The fourth-order valence-corrected chi connectivity index (χ4v) is 4.14. The number of rotatable bonds is 8. The van der Waals surface area contributed by atoms with E-state index in [1.807, 2.05) is 37.9 Å². The number of carbonyl (C=O) groups excluding carboxylic acids is 1. The number of piperidine rings is 1. The summed E-state index contributed by atoms with van der Waals surface area (Å²) in [5, 5.41) is 6.44. The van der Waals surface area contributed by atoms with E-state index in [0.717, 1.165) is 57.0 Å². The highest BCUT2D eigenvalue weighted by Gasteiger charge is 2.28. The number of hydrogen-bond donors (Lipinski definition) is 2. The maximum atomic E-state index is 11.7. The van der Waals surface area contributed by atoms with Gasteiger partial charge in [0.2, 0.25) is 0 Å². The van der Waals surface area contributed by atoms with Gasteiger partial charge in [-0.25, -0.2) is 4.98 Å². The predicted molar refractivity (Wildman–Crippen MR) is 140 cm³/mol. The number of aliphatic imine (C=N–C) groups is 1. The molecule has 2 N–H and O–H groups in total. The zero-order valence-electron chi connectivity index (χ0n) is 19.4. The number of nitrogens with one attached hydrogen (secondary N) is 2. The summed E-state index contributed by atoms with van der Waals surface area (Å²) in [6.07, 6.45) is 9.99. The van der Waals surface area contributed by atoms with Crippen molar-refractivity contribution >= 4 is 35.8 Å². The molecule has 2 unspecified atom stereocenters. The van der Waals surface area contributed by atoms with Gasteiger partial charge in [-0.05, 0) is 49.3 Å². The maximum absolute atomic E-state index is 11.7. The van der Waals surface area contributed by atoms with Crippen molar-refractivity contribution in [3.63, 3.8) is 0 Å². The van der Waals surface area contributed by atoms with E-state index in [1.54, 1.807) is 0 Å². The van der Waals surface area contributed by atoms with Crippen molar-refractivity contribution in [3.05, 3.63) is 48.5 Å². The van der Waals surface area contributed by atoms with Gasteiger partial charge in [0.1, 0.15) is 5.75 Å². The first-order valence-corrected chi connectivity index (χ1v) is 11.6. The van der Waals surface area contributed by atoms with Crippen LogP contribution in [0.3, 0.4) is 0 Å². The standard InChI is InChI=1S/C24H34N6O2.HI/c1-18-10-13-29(15-22(18)30-14-12-26-17-30)24(25-2)27-11-9-19-3-7-21(8-4-19)32-16-23(31)28-20-5-6-20;/h3-4,7-8,12,14,17-18,20,22H,5-6,9-11,13,15-16H2,1-2H3,(H,25,27)(H,28,31);1H. The summed E-state index contributed by atoms with van der Waals surface area (Å²) in [7, 11) is 1.85. The SMILES string of the molecule is CN=C(NCCc1ccc(OCC(=O)NC2CC2)cc1)N1CCC(C)C(n2ccnc2)C1.I. The van der Waals surface area contributed by atoms with Gasteiger partial charge in [-0.1, -0.05) is 19.1 Å². The van der Waals surface area contributed by atoms with E-state index >= 15 is 0 Å². The Labute approximate surface area is 213 Å². The van der Waals surface area contributed by atoms with Gasteiger partial charge in [0.05, 0.1) is 12.4 Å². The van der Waals surface area contributed by atoms with E-state index in [4.69, 9.17) is 4.74 Å². The van der Waals surface area contributed by atoms with Crippen molar-refractivity contribution < 1.29 is 9.53 Å². The fraction of sp³-hybridized carbons (Fsp3) is 0.542. The van der Waals surface area contributed by atoms with Gasteiger partial charge in [0.15, 0.2) is 12.6 Å². The Bertz CT molecular complexity index is 898. The summed E-state index contributed by atoms with van der Waals surface area (Å²) in [6.45, 7) is 5.12. The van der Waals surface area contributed by atoms with E-state index in [9.17, 15) is 4.79 Å². The zero-order chi connectivity index (χ0) is 22.3. The Morgan fingerprint density at radius 3 is 2.70 bits per heavy atom. The molecule has 1 aromatic heterocycles. The normalized spacial score (nSPS) is 20.7. The molecule has 0 spiro atoms. The number of carbonyl (C=O) groups is 1. The largest absolute Gasteiger partial charge is 0.484 e. The first-order valence-electron chi connectivity index (χ1n) is 11.6. The first kappa shape index (κ1) is 25.3. The summed E-state index contributed by atoms with van der Waals surface area (Å²) in [5.74, 6) is 2.23. The van der Waals surface area contributed by atoms with Crippen LogP contribution in [0.1, 0.15) is 37.8 Å². The quantitative estimate of drug-likeness (QED) is 0.292. The second-order valence-corrected chi connectivity index (χ2v) is 8.79. The van der Waals surface area contributed by atoms with Crippen LogP contribution in [0.2, 0.25) is 0 Å². The lowest BCUT2D eigenvalue weighted by molar-refractivity contribution is -0.123. The topological polar surface area (TPSA) is 83.8 Å². The van der Waals surface area contributed by atoms with E-state index in [-0.39, 0.29) is 36.5 Å². The summed E-state index contributed by atoms with van der Waals surface area (Å²) >= 11 is 0. The first-order chi connectivity index (χ1) is 15.6. The highest BCUT2D eigenvalue weighted by atomic mass is 127. The molecule has 0 bridgehead atoms. The molecule has 2 aromatic rings. The third-order valence-corrected chi connectivity index (χ3v) is 6.27. The van der Waals surface area contributed by atoms with Crippen LogP contribution in [0.5, 0.6) is 5.75 Å². The van der Waals surface area contributed by atoms with Crippen LogP contribution >= 0.6 is 24.0 Å². The number of guanidine groups is 1. The number of imidazole rings is 1. The molecule has 2 fully saturated rings. The van der Waals surface area contributed by atoms with Gasteiger partial charge in [0.25, 0.3) is 5.91 Å². The molecule has 2 heterocycles. The third kappa shape index (κ3) is 7.35. The zero-order valence-corrected chi connectivity index (χ0v) is 21.8. The van der Waals surface area contributed by atoms with Gasteiger partial charge in [-0.3, -0.25) is 9.79 Å². The Balaban J connectivity index is 0.00000306. The Morgan fingerprint density at radius 2 is 2.03 bits per heavy atom. The van der Waals surface area contributed by atoms with Crippen LogP contribution < -0.4 is 15.4 Å². The molecule has 1 amide bonds. The molecule has 1 saturated heterocycles. The number of halogens is 1. The average molecular weight is 566 g/mol. The molecule has 0 radical (unpaired) electrons. The molecular weight excluding hydrogens is 531 g/mol. The molecule has 1 aliphatic heterocycles. The molecule has 33 heavy (non-hydrogen) atoms. The summed E-state index contributed by atoms with van der Waals surface area (Å²) in [4.78, 5) is 22.8. The average Bonchev–Trinajstić information content (AvgIpc) is 3.45. The lowest BCUT2D eigenvalue weighted by Gasteiger charge is -2.39. The molecule has 1 saturated carbocycles. The molecule has 1 aliphatic carbocycles. The summed E-state index contributed by atoms with van der Waals surface area (Å²) in [6, 6.07) is 8.73. The van der Waals surface area contributed by atoms with Gasteiger partial charge in [0, 0.05) is 45.1 Å². The molecular formula is C24H35IN6O2. The number of aromatic nitrogens is 2. The molecule has 2 atom stereocenters. The Morgan fingerprint density at radius 1 is 1.24 bits per heavy atom. The second-order valence-electron chi connectivity index (χ2n) is 8.79. The molecule has 2 aliphatic rings. The number of benzene rings is 1. The Kier molecular flexibility index (Phi) is 9.40. The van der Waals surface area contributed by atoms with Crippen molar-refractivity contribution in [1.29, 1.82) is 0 Å². The minimum atomic E-state index is -0.0467. The van der Waals surface area contributed by atoms with Gasteiger partial charge in [-0.15, -0.1) is 24.0 Å². The number of ether oxygens (including phenoxy) is 1. The van der Waals surface area contributed by atoms with Crippen molar-refractivity contribution in [1.82, 2.24) is 25.1 Å². The van der Waals surface area contributed by atoms with Crippen LogP contribution in [0, 0.1) is 5.92 Å². The minimum absolute atomic E-state index is 0. The van der Waals surface area contributed by atoms with Crippen molar-refractivity contribution in [3.8, 4) is 5.75 Å². The lowest BCUT2D eigenvalue weighted by Crippen LogP contribution is -2.49. The molecule has 9 heteroatoms. The van der Waals surface area contributed by atoms with Crippen molar-refractivity contribution in [2.75, 3.05) is 33.3 Å². The van der Waals surface area contributed by atoms with Crippen LogP contribution in [-0.2, 0) is 11.2 Å². The van der Waals surface area contributed by atoms with Crippen LogP contribution in [0.4, 0.5) is 0 Å². The van der Waals surface area contributed by atoms with Gasteiger partial charge >= 0.3 is 0 Å². The summed E-state index contributed by atoms with van der Waals surface area (Å²) < 4.78 is 7.79. The molecule has 1 aromatic carbocycles. The second kappa shape index (κ2) is 12.2. The Hall–Kier alpha value is -2.30. The number of hydrogen-bond acceptors (Lipinski definition) is 4. The highest BCUT2D eigenvalue weighted by Crippen LogP contribution is 2.27. The van der Waals surface area contributed by atoms with Crippen LogP contribution in [0.15, 0.2) is 48.0 Å². The van der Waals surface area contributed by atoms with Crippen LogP contribution in [-0.4, -0.2) is 65.6 Å². The van der Waals surface area contributed by atoms with E-state index in [2.05, 4.69) is 49.1 Å². The molecule has 4 rings (SSSR count). The van der Waals surface area contributed by atoms with Crippen molar-refractivity contribution in [2.24, 2.45) is 10.9 Å². The third-order valence-electron chi connectivity index (χ3n) is 6.27.